The molecule has 2 aromatic rings. The Morgan fingerprint density at radius 2 is 1.89 bits per heavy atom. The van der Waals surface area contributed by atoms with Gasteiger partial charge in [0.15, 0.2) is 11.5 Å². The topological polar surface area (TPSA) is 65.1 Å². The standard InChI is InChI=1S/C27H29Br2NO5S2/c1-3-33-22-15-19(14-21(29)25(22)35-17-18-9-8-10-20(28)13-18)16-23-26(32)30(27(36)37-23)12-7-5-6-11-24(31)34-4-2/h8-10,13-16H,3-7,11-12,17H2,1-2H3/b23-16+. The molecule has 1 saturated heterocycles. The Balaban J connectivity index is 1.66. The normalized spacial score (nSPS) is 14.4. The first-order valence-electron chi connectivity index (χ1n) is 12.1. The van der Waals surface area contributed by atoms with Gasteiger partial charge in [-0.3, -0.25) is 14.5 Å². The lowest BCUT2D eigenvalue weighted by Gasteiger charge is -2.15. The van der Waals surface area contributed by atoms with Crippen LogP contribution in [0.5, 0.6) is 11.5 Å². The molecule has 3 rings (SSSR count). The highest BCUT2D eigenvalue weighted by atomic mass is 79.9. The van der Waals surface area contributed by atoms with Gasteiger partial charge < -0.3 is 14.2 Å². The van der Waals surface area contributed by atoms with Crippen molar-refractivity contribution in [2.24, 2.45) is 0 Å². The number of carbonyl (C=O) groups is 2. The Morgan fingerprint density at radius 3 is 2.62 bits per heavy atom. The quantitative estimate of drug-likeness (QED) is 0.0946. The van der Waals surface area contributed by atoms with E-state index in [1.54, 1.807) is 11.8 Å². The van der Waals surface area contributed by atoms with E-state index in [1.165, 1.54) is 11.8 Å². The number of hydrogen-bond donors (Lipinski definition) is 0. The van der Waals surface area contributed by atoms with Crippen LogP contribution in [0.15, 0.2) is 50.2 Å². The first-order valence-corrected chi connectivity index (χ1v) is 14.9. The van der Waals surface area contributed by atoms with Crippen molar-refractivity contribution in [3.63, 3.8) is 0 Å². The van der Waals surface area contributed by atoms with Gasteiger partial charge in [-0.15, -0.1) is 0 Å². The molecule has 10 heteroatoms. The maximum atomic E-state index is 13.0. The Kier molecular flexibility index (Phi) is 11.9. The summed E-state index contributed by atoms with van der Waals surface area (Å²) in [4.78, 5) is 26.7. The SMILES string of the molecule is CCOC(=O)CCCCCN1C(=O)/C(=C\c2cc(Br)c(OCc3cccc(Br)c3)c(OCC)c2)SC1=S. The van der Waals surface area contributed by atoms with Gasteiger partial charge in [-0.2, -0.15) is 0 Å². The molecule has 2 aromatic carbocycles. The molecular weight excluding hydrogens is 642 g/mol. The summed E-state index contributed by atoms with van der Waals surface area (Å²) in [6, 6.07) is 11.7. The number of unbranched alkanes of at least 4 members (excludes halogenated alkanes) is 2. The molecule has 1 amide bonds. The summed E-state index contributed by atoms with van der Waals surface area (Å²) in [6.07, 6.45) is 4.54. The number of benzene rings is 2. The van der Waals surface area contributed by atoms with Crippen molar-refractivity contribution in [1.29, 1.82) is 0 Å². The van der Waals surface area contributed by atoms with Crippen LogP contribution < -0.4 is 9.47 Å². The van der Waals surface area contributed by atoms with E-state index in [1.807, 2.05) is 49.4 Å². The molecule has 1 aliphatic heterocycles. The highest BCUT2D eigenvalue weighted by Gasteiger charge is 2.31. The number of hydrogen-bond acceptors (Lipinski definition) is 7. The van der Waals surface area contributed by atoms with Crippen LogP contribution in [0, 0.1) is 0 Å². The predicted octanol–water partition coefficient (Wildman–Crippen LogP) is 7.51. The molecule has 198 valence electrons. The van der Waals surface area contributed by atoms with Crippen LogP contribution in [0.1, 0.15) is 50.7 Å². The van der Waals surface area contributed by atoms with Crippen LogP contribution >= 0.6 is 55.8 Å². The molecular formula is C27H29Br2NO5S2. The molecule has 1 heterocycles. The van der Waals surface area contributed by atoms with E-state index in [9.17, 15) is 9.59 Å². The van der Waals surface area contributed by atoms with E-state index in [-0.39, 0.29) is 11.9 Å². The van der Waals surface area contributed by atoms with Gasteiger partial charge in [-0.25, -0.2) is 0 Å². The third-order valence-corrected chi connectivity index (χ3v) is 7.80. The van der Waals surface area contributed by atoms with E-state index in [0.29, 0.717) is 53.5 Å². The van der Waals surface area contributed by atoms with Gasteiger partial charge in [0, 0.05) is 17.4 Å². The predicted molar refractivity (Wildman–Crippen MR) is 159 cm³/mol. The molecule has 1 fully saturated rings. The number of thiocarbonyl (C=S) groups is 1. The van der Waals surface area contributed by atoms with Crippen LogP contribution in [0.4, 0.5) is 0 Å². The molecule has 0 N–H and O–H groups in total. The molecule has 0 saturated carbocycles. The lowest BCUT2D eigenvalue weighted by Crippen LogP contribution is -2.29. The lowest BCUT2D eigenvalue weighted by molar-refractivity contribution is -0.143. The van der Waals surface area contributed by atoms with E-state index >= 15 is 0 Å². The molecule has 0 spiro atoms. The third-order valence-electron chi connectivity index (χ3n) is 5.34. The molecule has 0 unspecified atom stereocenters. The molecule has 0 bridgehead atoms. The minimum Gasteiger partial charge on any atom is -0.490 e. The number of rotatable bonds is 13. The number of carbonyl (C=O) groups excluding carboxylic acids is 2. The van der Waals surface area contributed by atoms with Gasteiger partial charge in [0.2, 0.25) is 0 Å². The van der Waals surface area contributed by atoms with Gasteiger partial charge in [-0.05, 0) is 84.1 Å². The summed E-state index contributed by atoms with van der Waals surface area (Å²) < 4.78 is 19.2. The zero-order chi connectivity index (χ0) is 26.8. The molecule has 37 heavy (non-hydrogen) atoms. The number of halogens is 2. The molecule has 0 aliphatic carbocycles. The van der Waals surface area contributed by atoms with E-state index in [4.69, 9.17) is 26.4 Å². The first-order chi connectivity index (χ1) is 17.8. The Labute approximate surface area is 244 Å². The Bertz CT molecular complexity index is 1170. The second kappa shape index (κ2) is 14.9. The highest BCUT2D eigenvalue weighted by Crippen LogP contribution is 2.40. The molecule has 0 radical (unpaired) electrons. The average Bonchev–Trinajstić information content (AvgIpc) is 3.11. The van der Waals surface area contributed by atoms with Crippen molar-refractivity contribution in [3.8, 4) is 11.5 Å². The van der Waals surface area contributed by atoms with Crippen LogP contribution in [-0.2, 0) is 20.9 Å². The third kappa shape index (κ3) is 8.84. The van der Waals surface area contributed by atoms with Crippen molar-refractivity contribution >= 4 is 78.1 Å². The summed E-state index contributed by atoms with van der Waals surface area (Å²) in [5, 5.41) is 0. The van der Waals surface area contributed by atoms with Crippen molar-refractivity contribution in [2.45, 2.75) is 46.1 Å². The van der Waals surface area contributed by atoms with Crippen LogP contribution in [-0.4, -0.2) is 40.9 Å². The maximum absolute atomic E-state index is 13.0. The van der Waals surface area contributed by atoms with Crippen LogP contribution in [0.25, 0.3) is 6.08 Å². The highest BCUT2D eigenvalue weighted by molar-refractivity contribution is 9.10. The minimum atomic E-state index is -0.182. The minimum absolute atomic E-state index is 0.107. The van der Waals surface area contributed by atoms with E-state index in [0.717, 1.165) is 39.3 Å². The van der Waals surface area contributed by atoms with Crippen molar-refractivity contribution in [3.05, 3.63) is 61.4 Å². The number of ether oxygens (including phenoxy) is 3. The lowest BCUT2D eigenvalue weighted by atomic mass is 10.1. The maximum Gasteiger partial charge on any atom is 0.305 e. The number of esters is 1. The second-order valence-corrected chi connectivity index (χ2v) is 11.6. The molecule has 1 aliphatic rings. The van der Waals surface area contributed by atoms with Gasteiger partial charge >= 0.3 is 5.97 Å². The smallest absolute Gasteiger partial charge is 0.305 e. The fourth-order valence-corrected chi connectivity index (χ4v) is 5.98. The fourth-order valence-electron chi connectivity index (χ4n) is 3.65. The van der Waals surface area contributed by atoms with Gasteiger partial charge in [-0.1, -0.05) is 58.5 Å². The second-order valence-electron chi connectivity index (χ2n) is 8.13. The Morgan fingerprint density at radius 1 is 1.08 bits per heavy atom. The summed E-state index contributed by atoms with van der Waals surface area (Å²) in [5.41, 5.74) is 1.83. The van der Waals surface area contributed by atoms with E-state index in [2.05, 4.69) is 31.9 Å². The van der Waals surface area contributed by atoms with Gasteiger partial charge in [0.05, 0.1) is 22.6 Å². The Hall–Kier alpha value is -1.88. The van der Waals surface area contributed by atoms with E-state index < -0.39 is 0 Å². The average molecular weight is 671 g/mol. The molecule has 0 aromatic heterocycles. The molecule has 0 atom stereocenters. The zero-order valence-corrected chi connectivity index (χ0v) is 25.6. The van der Waals surface area contributed by atoms with Gasteiger partial charge in [0.25, 0.3) is 5.91 Å². The zero-order valence-electron chi connectivity index (χ0n) is 20.8. The van der Waals surface area contributed by atoms with Crippen molar-refractivity contribution < 1.29 is 23.8 Å². The van der Waals surface area contributed by atoms with Crippen LogP contribution in [0.2, 0.25) is 0 Å². The largest absolute Gasteiger partial charge is 0.490 e. The summed E-state index contributed by atoms with van der Waals surface area (Å²) >= 11 is 13.8. The molecule has 6 nitrogen and oxygen atoms in total. The summed E-state index contributed by atoms with van der Waals surface area (Å²) in [6.45, 7) is 5.49. The summed E-state index contributed by atoms with van der Waals surface area (Å²) in [7, 11) is 0. The number of thioether (sulfide) groups is 1. The first kappa shape index (κ1) is 29.7. The van der Waals surface area contributed by atoms with Gasteiger partial charge in [0.1, 0.15) is 10.9 Å². The van der Waals surface area contributed by atoms with Crippen molar-refractivity contribution in [1.82, 2.24) is 4.90 Å². The number of amides is 1. The monoisotopic (exact) mass is 669 g/mol. The fraction of sp³-hybridized carbons (Fsp3) is 0.370. The van der Waals surface area contributed by atoms with Crippen LogP contribution in [0.3, 0.4) is 0 Å². The summed E-state index contributed by atoms with van der Waals surface area (Å²) in [5.74, 6) is 0.909. The number of nitrogens with zero attached hydrogens (tertiary/aromatic N) is 1. The van der Waals surface area contributed by atoms with Crippen molar-refractivity contribution in [2.75, 3.05) is 19.8 Å².